The number of carbonyl (C=O) groups is 1. The first kappa shape index (κ1) is 30.0. The molecule has 0 heterocycles. The number of nitrogens with one attached hydrogen (secondary N) is 1. The van der Waals surface area contributed by atoms with E-state index in [4.69, 9.17) is 34.8 Å². The number of alkyl halides is 3. The second kappa shape index (κ2) is 12.5. The van der Waals surface area contributed by atoms with Crippen LogP contribution in [-0.2, 0) is 6.18 Å². The summed E-state index contributed by atoms with van der Waals surface area (Å²) in [6, 6.07) is 30.8. The minimum Gasteiger partial charge on any atom is -1.00 e. The van der Waals surface area contributed by atoms with Gasteiger partial charge in [0.25, 0.3) is 5.91 Å². The smallest absolute Gasteiger partial charge is 0.416 e. The number of rotatable bonds is 6. The van der Waals surface area contributed by atoms with E-state index in [2.05, 4.69) is 5.32 Å². The molecule has 10 heteroatoms. The first-order chi connectivity index (χ1) is 17.7. The molecule has 0 bridgehead atoms. The number of amides is 1. The quantitative estimate of drug-likeness (QED) is 0.314. The van der Waals surface area contributed by atoms with Crippen LogP contribution in [0.4, 0.5) is 13.2 Å². The van der Waals surface area contributed by atoms with Gasteiger partial charge >= 0.3 is 6.18 Å². The van der Waals surface area contributed by atoms with Crippen LogP contribution in [0.5, 0.6) is 0 Å². The zero-order chi connectivity index (χ0) is 26.6. The molecule has 1 amide bonds. The van der Waals surface area contributed by atoms with Crippen LogP contribution in [-0.4, -0.2) is 5.91 Å². The molecule has 0 saturated carbocycles. The Morgan fingerprint density at radius 1 is 0.711 bits per heavy atom. The highest BCUT2D eigenvalue weighted by Gasteiger charge is 2.52. The van der Waals surface area contributed by atoms with E-state index in [0.29, 0.717) is 6.07 Å². The van der Waals surface area contributed by atoms with Crippen molar-refractivity contribution in [2.75, 3.05) is 0 Å². The summed E-state index contributed by atoms with van der Waals surface area (Å²) < 4.78 is 39.9. The van der Waals surface area contributed by atoms with Crippen LogP contribution in [0.1, 0.15) is 15.9 Å². The molecule has 0 aliphatic heterocycles. The zero-order valence-electron chi connectivity index (χ0n) is 19.4. The van der Waals surface area contributed by atoms with Gasteiger partial charge in [-0.2, -0.15) is 13.2 Å². The van der Waals surface area contributed by atoms with Gasteiger partial charge in [-0.25, -0.2) is 0 Å². The zero-order valence-corrected chi connectivity index (χ0v) is 23.3. The Balaban J connectivity index is 0.00000400. The van der Waals surface area contributed by atoms with Crippen molar-refractivity contribution < 1.29 is 30.4 Å². The van der Waals surface area contributed by atoms with Crippen molar-refractivity contribution in [3.63, 3.8) is 0 Å². The normalized spacial score (nSPS) is 11.3. The molecule has 38 heavy (non-hydrogen) atoms. The van der Waals surface area contributed by atoms with E-state index in [1.54, 1.807) is 0 Å². The standard InChI is InChI=1S/C28H18Cl3F3NOP.ClH/c29-24-17-16-19(28(32,33)34)18-23(24)26(36)35-27(25(30)31)37(20-10-4-1-5-11-20,21-12-6-2-7-13-21)22-14-8-3-9-15-22;/h1-18H;1H. The molecule has 4 aromatic carbocycles. The van der Waals surface area contributed by atoms with Gasteiger partial charge in [0.1, 0.15) is 15.9 Å². The third kappa shape index (κ3) is 6.03. The summed E-state index contributed by atoms with van der Waals surface area (Å²) in [5, 5.41) is 5.11. The van der Waals surface area contributed by atoms with Crippen LogP contribution >= 0.6 is 42.1 Å². The largest absolute Gasteiger partial charge is 1.00 e. The summed E-state index contributed by atoms with van der Waals surface area (Å²) in [6.45, 7) is 0. The molecule has 0 aliphatic carbocycles. The summed E-state index contributed by atoms with van der Waals surface area (Å²) in [7, 11) is -2.93. The predicted octanol–water partition coefficient (Wildman–Crippen LogP) is 4.69. The summed E-state index contributed by atoms with van der Waals surface area (Å²) in [5.41, 5.74) is -1.17. The highest BCUT2D eigenvalue weighted by molar-refractivity contribution is 7.99. The second-order valence-corrected chi connectivity index (χ2v) is 12.6. The summed E-state index contributed by atoms with van der Waals surface area (Å²) in [6.07, 6.45) is -4.66. The maximum absolute atomic E-state index is 13.5. The van der Waals surface area contributed by atoms with E-state index in [-0.39, 0.29) is 32.9 Å². The van der Waals surface area contributed by atoms with Gasteiger partial charge in [-0.05, 0) is 54.6 Å². The molecule has 0 aromatic heterocycles. The summed E-state index contributed by atoms with van der Waals surface area (Å²) in [5.74, 6) is -0.864. The average molecular weight is 615 g/mol. The molecular formula is C28H19Cl4F3NOP. The van der Waals surface area contributed by atoms with E-state index >= 15 is 0 Å². The molecule has 4 aromatic rings. The molecule has 1 N–H and O–H groups in total. The molecule has 0 spiro atoms. The van der Waals surface area contributed by atoms with Crippen molar-refractivity contribution in [3.05, 3.63) is 135 Å². The Kier molecular flexibility index (Phi) is 9.91. The molecule has 0 radical (unpaired) electrons. The van der Waals surface area contributed by atoms with Crippen LogP contribution in [0.25, 0.3) is 0 Å². The Hall–Kier alpha value is -2.53. The molecule has 0 saturated heterocycles. The molecule has 196 valence electrons. The highest BCUT2D eigenvalue weighted by Crippen LogP contribution is 2.63. The lowest BCUT2D eigenvalue weighted by Gasteiger charge is -2.29. The van der Waals surface area contributed by atoms with Crippen molar-refractivity contribution in [1.82, 2.24) is 5.32 Å². The van der Waals surface area contributed by atoms with Gasteiger partial charge in [0.2, 0.25) is 5.44 Å². The van der Waals surface area contributed by atoms with Gasteiger partial charge < -0.3 is 12.4 Å². The van der Waals surface area contributed by atoms with Crippen molar-refractivity contribution in [1.29, 1.82) is 0 Å². The fraction of sp³-hybridized carbons (Fsp3) is 0.0357. The van der Waals surface area contributed by atoms with E-state index in [0.717, 1.165) is 28.0 Å². The fourth-order valence-corrected chi connectivity index (χ4v) is 9.21. The number of hydrogen-bond acceptors (Lipinski definition) is 1. The van der Waals surface area contributed by atoms with Gasteiger partial charge in [-0.3, -0.25) is 10.1 Å². The Morgan fingerprint density at radius 2 is 1.13 bits per heavy atom. The van der Waals surface area contributed by atoms with Crippen LogP contribution in [0.2, 0.25) is 5.02 Å². The predicted molar refractivity (Wildman–Crippen MR) is 148 cm³/mol. The van der Waals surface area contributed by atoms with Crippen molar-refractivity contribution in [3.8, 4) is 0 Å². The Bertz CT molecular complexity index is 1330. The van der Waals surface area contributed by atoms with E-state index in [9.17, 15) is 18.0 Å². The first-order valence-electron chi connectivity index (χ1n) is 11.0. The average Bonchev–Trinajstić information content (AvgIpc) is 2.90. The minimum atomic E-state index is -4.66. The summed E-state index contributed by atoms with van der Waals surface area (Å²) >= 11 is 19.2. The maximum atomic E-state index is 13.5. The van der Waals surface area contributed by atoms with Gasteiger partial charge in [0, 0.05) is 0 Å². The lowest BCUT2D eigenvalue weighted by molar-refractivity contribution is -0.137. The molecule has 0 aliphatic rings. The lowest BCUT2D eigenvalue weighted by atomic mass is 10.1. The molecule has 0 fully saturated rings. The van der Waals surface area contributed by atoms with Crippen LogP contribution in [0, 0.1) is 0 Å². The van der Waals surface area contributed by atoms with E-state index in [1.807, 2.05) is 91.0 Å². The first-order valence-corrected chi connectivity index (χ1v) is 13.9. The number of benzene rings is 4. The van der Waals surface area contributed by atoms with Gasteiger partial charge in [-0.15, -0.1) is 0 Å². The monoisotopic (exact) mass is 613 g/mol. The van der Waals surface area contributed by atoms with Gasteiger partial charge in [0.15, 0.2) is 11.8 Å². The van der Waals surface area contributed by atoms with Crippen molar-refractivity contribution >= 4 is 63.9 Å². The summed E-state index contributed by atoms with van der Waals surface area (Å²) in [4.78, 5) is 13.5. The van der Waals surface area contributed by atoms with E-state index in [1.165, 1.54) is 0 Å². The second-order valence-electron chi connectivity index (χ2n) is 7.93. The lowest BCUT2D eigenvalue weighted by Crippen LogP contribution is -3.00. The highest BCUT2D eigenvalue weighted by atomic mass is 35.5. The minimum absolute atomic E-state index is 0. The van der Waals surface area contributed by atoms with Crippen LogP contribution in [0.3, 0.4) is 0 Å². The molecule has 0 unspecified atom stereocenters. The Morgan fingerprint density at radius 3 is 1.50 bits per heavy atom. The molecule has 2 nitrogen and oxygen atoms in total. The number of carbonyl (C=O) groups excluding carboxylic acids is 1. The number of halogens is 7. The third-order valence-electron chi connectivity index (χ3n) is 5.72. The SMILES string of the molecule is O=C(NC(=C(Cl)Cl)[P+](c1ccccc1)(c1ccccc1)c1ccccc1)c1cc(C(F)(F)F)ccc1Cl.[Cl-]. The third-order valence-corrected chi connectivity index (χ3v) is 10.9. The van der Waals surface area contributed by atoms with Crippen molar-refractivity contribution in [2.45, 2.75) is 6.18 Å². The molecular weight excluding hydrogens is 596 g/mol. The molecule has 4 rings (SSSR count). The topological polar surface area (TPSA) is 29.1 Å². The van der Waals surface area contributed by atoms with Gasteiger partial charge in [0.05, 0.1) is 16.1 Å². The van der Waals surface area contributed by atoms with Crippen molar-refractivity contribution in [2.24, 2.45) is 0 Å². The molecule has 0 atom stereocenters. The van der Waals surface area contributed by atoms with Crippen LogP contribution < -0.4 is 33.6 Å². The van der Waals surface area contributed by atoms with E-state index < -0.39 is 24.9 Å². The number of hydrogen-bond donors (Lipinski definition) is 1. The maximum Gasteiger partial charge on any atom is 0.416 e. The van der Waals surface area contributed by atoms with Gasteiger partial charge in [-0.1, -0.05) is 89.4 Å². The Labute approximate surface area is 240 Å². The fourth-order valence-electron chi connectivity index (χ4n) is 4.10. The van der Waals surface area contributed by atoms with Crippen LogP contribution in [0.15, 0.2) is 119 Å².